The fraction of sp³-hybridized carbons (Fsp3) is 0. The van der Waals surface area contributed by atoms with Crippen LogP contribution in [0.25, 0.3) is 0 Å². The maximum Gasteiger partial charge on any atom is 0.215 e. The minimum Gasteiger partial charge on any atom is -0.287 e. The molecule has 0 bridgehead atoms. The number of Topliss-reactive ketones (excluding diaryl/α,β-unsaturated/α-hetero) is 1. The van der Waals surface area contributed by atoms with Crippen molar-refractivity contribution in [3.05, 3.63) is 88.4 Å². The third-order valence-corrected chi connectivity index (χ3v) is 3.80. The fourth-order valence-corrected chi connectivity index (χ4v) is 2.58. The maximum absolute atomic E-state index is 11.6. The molecule has 0 heterocycles. The molecular weight excluding hydrogens is 343 g/mol. The summed E-state index contributed by atoms with van der Waals surface area (Å²) < 4.78 is 0. The van der Waals surface area contributed by atoms with Crippen LogP contribution in [0.2, 0.25) is 0 Å². The molecule has 2 aromatic rings. The summed E-state index contributed by atoms with van der Waals surface area (Å²) in [5.74, 6) is 0.103. The van der Waals surface area contributed by atoms with Crippen LogP contribution in [-0.2, 0) is 4.79 Å². The van der Waals surface area contributed by atoms with Gasteiger partial charge in [0.2, 0.25) is 5.78 Å². The summed E-state index contributed by atoms with van der Waals surface area (Å²) in [5, 5.41) is 0.0711. The van der Waals surface area contributed by atoms with Crippen molar-refractivity contribution in [3.8, 4) is 0 Å². The number of ketones is 1. The lowest BCUT2D eigenvalue weighted by molar-refractivity contribution is -0.111. The molecule has 0 saturated heterocycles. The van der Waals surface area contributed by atoms with E-state index in [0.717, 1.165) is 11.3 Å². The number of benzene rings is 2. The molecule has 1 aliphatic carbocycles. The molecule has 0 radical (unpaired) electrons. The summed E-state index contributed by atoms with van der Waals surface area (Å²) >= 11 is 11.8. The van der Waals surface area contributed by atoms with Crippen molar-refractivity contribution < 1.29 is 4.79 Å². The molecular formula is C19H12Cl2N2O. The summed E-state index contributed by atoms with van der Waals surface area (Å²) in [6, 6.07) is 19.1. The normalized spacial score (nSPS) is 15.0. The lowest BCUT2D eigenvalue weighted by atomic mass is 10.1. The van der Waals surface area contributed by atoms with Gasteiger partial charge in [0, 0.05) is 5.56 Å². The lowest BCUT2D eigenvalue weighted by Crippen LogP contribution is -2.10. The highest BCUT2D eigenvalue weighted by atomic mass is 35.5. The smallest absolute Gasteiger partial charge is 0.215 e. The van der Waals surface area contributed by atoms with Gasteiger partial charge in [-0.05, 0) is 24.3 Å². The van der Waals surface area contributed by atoms with Gasteiger partial charge in [-0.3, -0.25) is 4.79 Å². The second-order valence-corrected chi connectivity index (χ2v) is 5.80. The first-order valence-electron chi connectivity index (χ1n) is 7.20. The van der Waals surface area contributed by atoms with Gasteiger partial charge < -0.3 is 0 Å². The zero-order valence-corrected chi connectivity index (χ0v) is 14.0. The van der Waals surface area contributed by atoms with Crippen LogP contribution >= 0.6 is 23.2 Å². The van der Waals surface area contributed by atoms with Crippen LogP contribution in [0.4, 0.5) is 5.69 Å². The van der Waals surface area contributed by atoms with E-state index in [9.17, 15) is 4.79 Å². The van der Waals surface area contributed by atoms with Gasteiger partial charge in [0.15, 0.2) is 5.84 Å². The number of carbonyl (C=O) groups is 1. The van der Waals surface area contributed by atoms with Gasteiger partial charge >= 0.3 is 0 Å². The number of hydrogen-bond donors (Lipinski definition) is 0. The average molecular weight is 355 g/mol. The molecule has 0 aliphatic heterocycles. The van der Waals surface area contributed by atoms with Crippen LogP contribution in [0.3, 0.4) is 0 Å². The number of hydrogen-bond acceptors (Lipinski definition) is 2. The molecule has 0 amide bonds. The van der Waals surface area contributed by atoms with Crippen LogP contribution < -0.4 is 0 Å². The van der Waals surface area contributed by atoms with Crippen molar-refractivity contribution in [2.45, 2.75) is 0 Å². The second-order valence-electron chi connectivity index (χ2n) is 4.99. The monoisotopic (exact) mass is 354 g/mol. The Morgan fingerprint density at radius 1 is 0.792 bits per heavy atom. The summed E-state index contributed by atoms with van der Waals surface area (Å²) in [7, 11) is 0. The van der Waals surface area contributed by atoms with Crippen LogP contribution in [0.5, 0.6) is 0 Å². The van der Waals surface area contributed by atoms with Crippen molar-refractivity contribution in [1.29, 1.82) is 0 Å². The third kappa shape index (κ3) is 3.88. The molecule has 118 valence electrons. The Balaban J connectivity index is 2.08. The molecule has 24 heavy (non-hydrogen) atoms. The minimum absolute atomic E-state index is 0.0355. The summed E-state index contributed by atoms with van der Waals surface area (Å²) in [6.45, 7) is 0. The van der Waals surface area contributed by atoms with Crippen LogP contribution in [-0.4, -0.2) is 17.3 Å². The van der Waals surface area contributed by atoms with Crippen molar-refractivity contribution in [2.24, 2.45) is 9.98 Å². The molecule has 3 rings (SSSR count). The number of amidine groups is 1. The molecule has 0 N–H and O–H groups in total. The lowest BCUT2D eigenvalue weighted by Gasteiger charge is -2.07. The standard InChI is InChI=1S/C19H12Cl2N2O/c20-16-11-15(12-17(21)18(16)24)23-19(13-7-3-1-4-8-13)22-14-9-5-2-6-10-14/h1-12H. The summed E-state index contributed by atoms with van der Waals surface area (Å²) in [6.07, 6.45) is 2.97. The highest BCUT2D eigenvalue weighted by Gasteiger charge is 2.18. The van der Waals surface area contributed by atoms with Crippen molar-refractivity contribution in [2.75, 3.05) is 0 Å². The van der Waals surface area contributed by atoms with E-state index in [2.05, 4.69) is 9.98 Å². The van der Waals surface area contributed by atoms with E-state index in [-0.39, 0.29) is 10.1 Å². The zero-order chi connectivity index (χ0) is 16.9. The summed E-state index contributed by atoms with van der Waals surface area (Å²) in [4.78, 5) is 20.8. The minimum atomic E-state index is -0.404. The number of para-hydroxylation sites is 1. The molecule has 1 aliphatic rings. The van der Waals surface area contributed by atoms with Gasteiger partial charge in [-0.25, -0.2) is 9.98 Å². The molecule has 0 spiro atoms. The molecule has 5 heteroatoms. The predicted octanol–water partition coefficient (Wildman–Crippen LogP) is 5.03. The largest absolute Gasteiger partial charge is 0.287 e. The van der Waals surface area contributed by atoms with E-state index in [1.807, 2.05) is 60.7 Å². The number of allylic oxidation sites excluding steroid dienone is 4. The highest BCUT2D eigenvalue weighted by molar-refractivity contribution is 6.57. The number of aliphatic imine (C=N–C) groups is 2. The fourth-order valence-electron chi connectivity index (χ4n) is 2.10. The molecule has 0 saturated carbocycles. The first-order valence-corrected chi connectivity index (χ1v) is 7.96. The van der Waals surface area contributed by atoms with Gasteiger partial charge in [-0.2, -0.15) is 0 Å². The topological polar surface area (TPSA) is 41.8 Å². The highest BCUT2D eigenvalue weighted by Crippen LogP contribution is 2.21. The Labute approximate surface area is 149 Å². The van der Waals surface area contributed by atoms with E-state index in [0.29, 0.717) is 11.5 Å². The Morgan fingerprint density at radius 3 is 1.92 bits per heavy atom. The van der Waals surface area contributed by atoms with E-state index in [1.165, 1.54) is 12.2 Å². The second kappa shape index (κ2) is 7.39. The zero-order valence-electron chi connectivity index (χ0n) is 12.5. The van der Waals surface area contributed by atoms with Crippen molar-refractivity contribution in [3.63, 3.8) is 0 Å². The van der Waals surface area contributed by atoms with Crippen molar-refractivity contribution in [1.82, 2.24) is 0 Å². The molecule has 3 nitrogen and oxygen atoms in total. The Morgan fingerprint density at radius 2 is 1.33 bits per heavy atom. The van der Waals surface area contributed by atoms with Crippen LogP contribution in [0.15, 0.2) is 92.9 Å². The number of halogens is 2. The number of nitrogens with zero attached hydrogens (tertiary/aromatic N) is 2. The van der Waals surface area contributed by atoms with Gasteiger partial charge in [0.25, 0.3) is 0 Å². The van der Waals surface area contributed by atoms with E-state index in [1.54, 1.807) is 0 Å². The Bertz CT molecular complexity index is 858. The van der Waals surface area contributed by atoms with Gasteiger partial charge in [0.05, 0.1) is 21.5 Å². The predicted molar refractivity (Wildman–Crippen MR) is 99.4 cm³/mol. The first kappa shape index (κ1) is 16.4. The molecule has 0 fully saturated rings. The Hall–Kier alpha value is -2.49. The quantitative estimate of drug-likeness (QED) is 0.423. The van der Waals surface area contributed by atoms with Crippen LogP contribution in [0, 0.1) is 0 Å². The van der Waals surface area contributed by atoms with E-state index >= 15 is 0 Å². The van der Waals surface area contributed by atoms with E-state index in [4.69, 9.17) is 23.2 Å². The third-order valence-electron chi connectivity index (χ3n) is 3.24. The number of carbonyl (C=O) groups excluding carboxylic acids is 1. The van der Waals surface area contributed by atoms with Gasteiger partial charge in [0.1, 0.15) is 0 Å². The number of rotatable bonds is 2. The van der Waals surface area contributed by atoms with Gasteiger partial charge in [-0.15, -0.1) is 0 Å². The van der Waals surface area contributed by atoms with Gasteiger partial charge in [-0.1, -0.05) is 71.7 Å². The summed E-state index contributed by atoms with van der Waals surface area (Å²) in [5.41, 5.74) is 2.10. The SMILES string of the molecule is O=C1C(Cl)=CC(=NC(=Nc2ccccc2)c2ccccc2)C=C1Cl. The Kier molecular flexibility index (Phi) is 5.04. The van der Waals surface area contributed by atoms with Crippen molar-refractivity contribution >= 4 is 46.2 Å². The molecule has 0 unspecified atom stereocenters. The molecule has 0 atom stereocenters. The van der Waals surface area contributed by atoms with E-state index < -0.39 is 5.78 Å². The average Bonchev–Trinajstić information content (AvgIpc) is 2.61. The molecule has 0 aromatic heterocycles. The first-order chi connectivity index (χ1) is 11.6. The maximum atomic E-state index is 11.6. The molecule has 2 aromatic carbocycles. The van der Waals surface area contributed by atoms with Crippen LogP contribution in [0.1, 0.15) is 5.56 Å².